The van der Waals surface area contributed by atoms with Crippen LogP contribution < -0.4 is 20.3 Å². The van der Waals surface area contributed by atoms with Crippen molar-refractivity contribution in [2.24, 2.45) is 11.3 Å². The lowest BCUT2D eigenvalue weighted by atomic mass is 9.65. The summed E-state index contributed by atoms with van der Waals surface area (Å²) in [5, 5.41) is 11.5. The fourth-order valence-corrected chi connectivity index (χ4v) is 9.47. The van der Waals surface area contributed by atoms with Gasteiger partial charge in [0, 0.05) is 68.1 Å². The van der Waals surface area contributed by atoms with Gasteiger partial charge in [-0.3, -0.25) is 29.3 Å². The molecule has 4 fully saturated rings. The van der Waals surface area contributed by atoms with Gasteiger partial charge in [0.05, 0.1) is 35.1 Å². The highest BCUT2D eigenvalue weighted by atomic mass is 35.5. The monoisotopic (exact) mass is 794 g/mol. The van der Waals surface area contributed by atoms with E-state index in [-0.39, 0.29) is 30.7 Å². The fourth-order valence-electron chi connectivity index (χ4n) is 9.25. The summed E-state index contributed by atoms with van der Waals surface area (Å²) in [4.78, 5) is 60.9. The van der Waals surface area contributed by atoms with Crippen molar-refractivity contribution in [1.29, 1.82) is 0 Å². The molecule has 4 aliphatic rings. The highest BCUT2D eigenvalue weighted by molar-refractivity contribution is 6.34. The third-order valence-corrected chi connectivity index (χ3v) is 13.1. The molecule has 4 aromatic rings. The molecule has 0 unspecified atom stereocenters. The van der Waals surface area contributed by atoms with Gasteiger partial charge in [-0.15, -0.1) is 0 Å². The molecule has 14 heteroatoms. The number of imide groups is 1. The number of methoxy groups -OCH3 is 1. The molecular weight excluding hydrogens is 744 g/mol. The Bertz CT molecular complexity index is 2160. The SMILES string of the molecule is COc1cc2nn(C3CCN(CCC4CCC5(CC4)CCN(C(=O)c4ccc(Cl)c(N6CCC(=O)NC6=O)c4)CC5)CC3)cc2cc1NC(=O)c1cccc(C)n1. The Labute approximate surface area is 338 Å². The van der Waals surface area contributed by atoms with E-state index in [2.05, 4.69) is 31.4 Å². The largest absolute Gasteiger partial charge is 0.494 e. The summed E-state index contributed by atoms with van der Waals surface area (Å²) in [5.74, 6) is 0.673. The molecule has 1 aliphatic carbocycles. The van der Waals surface area contributed by atoms with Gasteiger partial charge in [0.1, 0.15) is 11.4 Å². The summed E-state index contributed by atoms with van der Waals surface area (Å²) < 4.78 is 7.72. The zero-order chi connectivity index (χ0) is 39.7. The minimum Gasteiger partial charge on any atom is -0.494 e. The van der Waals surface area contributed by atoms with Crippen molar-refractivity contribution in [3.05, 3.63) is 76.7 Å². The predicted octanol–water partition coefficient (Wildman–Crippen LogP) is 7.24. The van der Waals surface area contributed by atoms with Gasteiger partial charge in [0.25, 0.3) is 11.8 Å². The van der Waals surface area contributed by atoms with Crippen molar-refractivity contribution >= 4 is 57.6 Å². The molecular formula is C43H51ClN8O5. The van der Waals surface area contributed by atoms with Gasteiger partial charge < -0.3 is 19.9 Å². The number of hydrogen-bond donors (Lipinski definition) is 2. The number of amides is 5. The molecule has 1 spiro atoms. The second-order valence-corrected chi connectivity index (χ2v) is 16.8. The molecule has 0 bridgehead atoms. The molecule has 1 saturated carbocycles. The van der Waals surface area contributed by atoms with E-state index in [1.165, 1.54) is 37.0 Å². The smallest absolute Gasteiger partial charge is 0.328 e. The van der Waals surface area contributed by atoms with E-state index >= 15 is 0 Å². The van der Waals surface area contributed by atoms with Crippen molar-refractivity contribution in [1.82, 2.24) is 29.9 Å². The Morgan fingerprint density at radius 2 is 1.74 bits per heavy atom. The number of ether oxygens (including phenoxy) is 1. The maximum atomic E-state index is 13.6. The maximum Gasteiger partial charge on any atom is 0.328 e. The zero-order valence-corrected chi connectivity index (χ0v) is 33.5. The van der Waals surface area contributed by atoms with Crippen LogP contribution in [0.15, 0.2) is 54.7 Å². The first-order valence-electron chi connectivity index (χ1n) is 20.3. The van der Waals surface area contributed by atoms with Crippen molar-refractivity contribution < 1.29 is 23.9 Å². The van der Waals surface area contributed by atoms with Gasteiger partial charge in [-0.25, -0.2) is 9.78 Å². The number of piperidine rings is 2. The third kappa shape index (κ3) is 8.50. The molecule has 8 rings (SSSR count). The van der Waals surface area contributed by atoms with Crippen LogP contribution in [0.2, 0.25) is 5.02 Å². The Morgan fingerprint density at radius 1 is 0.965 bits per heavy atom. The van der Waals surface area contributed by atoms with E-state index in [4.69, 9.17) is 21.4 Å². The number of anilines is 2. The molecule has 2 aromatic heterocycles. The fraction of sp³-hybridized carbons (Fsp3) is 0.488. The Hall–Kier alpha value is -5.01. The number of urea groups is 1. The van der Waals surface area contributed by atoms with Crippen LogP contribution in [0.5, 0.6) is 5.75 Å². The van der Waals surface area contributed by atoms with Crippen LogP contribution in [-0.2, 0) is 4.79 Å². The van der Waals surface area contributed by atoms with E-state index in [1.54, 1.807) is 31.4 Å². The van der Waals surface area contributed by atoms with E-state index in [0.717, 1.165) is 80.9 Å². The van der Waals surface area contributed by atoms with Crippen molar-refractivity contribution in [3.63, 3.8) is 0 Å². The standard InChI is InChI=1S/C43H51ClN8O5/c1-28-4-3-5-34(45-28)40(54)46-36-24-31-27-52(48-35(31)26-38(36)57-2)32-11-19-49(20-12-32)18-10-29-8-14-43(15-9-29)16-22-50(23-17-43)41(55)30-6-7-33(44)37(25-30)51-21-13-39(53)47-42(51)56/h3-7,24-27,29,32H,8-23H2,1-2H3,(H,46,54)(H,47,53,56). The van der Waals surface area contributed by atoms with Gasteiger partial charge in [-0.05, 0) is 119 Å². The van der Waals surface area contributed by atoms with Crippen molar-refractivity contribution in [2.75, 3.05) is 56.6 Å². The Kier molecular flexibility index (Phi) is 11.2. The van der Waals surface area contributed by atoms with Crippen LogP contribution in [0, 0.1) is 18.3 Å². The van der Waals surface area contributed by atoms with E-state index in [9.17, 15) is 19.2 Å². The number of halogens is 1. The lowest BCUT2D eigenvalue weighted by molar-refractivity contribution is -0.120. The highest BCUT2D eigenvalue weighted by Gasteiger charge is 2.39. The molecule has 2 N–H and O–H groups in total. The van der Waals surface area contributed by atoms with Crippen LogP contribution in [-0.4, -0.2) is 94.7 Å². The molecule has 5 heterocycles. The van der Waals surface area contributed by atoms with Crippen LogP contribution in [0.4, 0.5) is 16.2 Å². The number of aryl methyl sites for hydroxylation is 1. The lowest BCUT2D eigenvalue weighted by Crippen LogP contribution is -2.49. The number of aromatic nitrogens is 3. The minimum absolute atomic E-state index is 0.0403. The quantitative estimate of drug-likeness (QED) is 0.181. The van der Waals surface area contributed by atoms with Crippen molar-refractivity contribution in [2.45, 2.75) is 77.2 Å². The number of hydrogen-bond acceptors (Lipinski definition) is 8. The number of likely N-dealkylation sites (tertiary alicyclic amines) is 2. The van der Waals surface area contributed by atoms with E-state index < -0.39 is 6.03 Å². The second-order valence-electron chi connectivity index (χ2n) is 16.4. The summed E-state index contributed by atoms with van der Waals surface area (Å²) >= 11 is 6.43. The summed E-state index contributed by atoms with van der Waals surface area (Å²) in [6, 6.07) is 14.1. The number of pyridine rings is 1. The van der Waals surface area contributed by atoms with Gasteiger partial charge in [0.15, 0.2) is 0 Å². The number of fused-ring (bicyclic) bond motifs is 1. The van der Waals surface area contributed by atoms with Crippen LogP contribution in [0.1, 0.15) is 96.8 Å². The number of benzene rings is 2. The summed E-state index contributed by atoms with van der Waals surface area (Å²) in [5.41, 5.74) is 3.86. The zero-order valence-electron chi connectivity index (χ0n) is 32.8. The number of rotatable bonds is 9. The molecule has 3 saturated heterocycles. The molecule has 13 nitrogen and oxygen atoms in total. The number of carbonyl (C=O) groups excluding carboxylic acids is 4. The van der Waals surface area contributed by atoms with Gasteiger partial charge >= 0.3 is 6.03 Å². The lowest BCUT2D eigenvalue weighted by Gasteiger charge is -2.46. The number of nitrogens with zero attached hydrogens (tertiary/aromatic N) is 6. The van der Waals surface area contributed by atoms with E-state index in [0.29, 0.717) is 44.9 Å². The summed E-state index contributed by atoms with van der Waals surface area (Å²) in [6.45, 7) is 6.79. The molecule has 5 amide bonds. The average molecular weight is 795 g/mol. The third-order valence-electron chi connectivity index (χ3n) is 12.8. The maximum absolute atomic E-state index is 13.6. The van der Waals surface area contributed by atoms with Gasteiger partial charge in [-0.2, -0.15) is 5.10 Å². The first-order chi connectivity index (χ1) is 27.6. The molecule has 0 radical (unpaired) electrons. The second kappa shape index (κ2) is 16.5. The first kappa shape index (κ1) is 38.8. The minimum atomic E-state index is -0.517. The molecule has 3 aliphatic heterocycles. The van der Waals surface area contributed by atoms with Gasteiger partial charge in [0.2, 0.25) is 5.91 Å². The van der Waals surface area contributed by atoms with Crippen molar-refractivity contribution in [3.8, 4) is 5.75 Å². The van der Waals surface area contributed by atoms with Crippen LogP contribution in [0.3, 0.4) is 0 Å². The van der Waals surface area contributed by atoms with E-state index in [1.807, 2.05) is 36.1 Å². The molecule has 2 aromatic carbocycles. The summed E-state index contributed by atoms with van der Waals surface area (Å²) in [7, 11) is 1.60. The molecule has 300 valence electrons. The average Bonchev–Trinajstić information content (AvgIpc) is 3.64. The topological polar surface area (TPSA) is 142 Å². The number of carbonyl (C=O) groups is 4. The molecule has 57 heavy (non-hydrogen) atoms. The summed E-state index contributed by atoms with van der Waals surface area (Å²) in [6.07, 6.45) is 12.6. The first-order valence-corrected chi connectivity index (χ1v) is 20.7. The van der Waals surface area contributed by atoms with Crippen LogP contribution in [0.25, 0.3) is 10.9 Å². The van der Waals surface area contributed by atoms with Crippen LogP contribution >= 0.6 is 11.6 Å². The predicted molar refractivity (Wildman–Crippen MR) is 219 cm³/mol. The normalized spacial score (nSPS) is 19.6. The molecule has 0 atom stereocenters. The Morgan fingerprint density at radius 3 is 2.46 bits per heavy atom. The Balaban J connectivity index is 0.783. The van der Waals surface area contributed by atoms with Gasteiger partial charge in [-0.1, -0.05) is 17.7 Å². The highest BCUT2D eigenvalue weighted by Crippen LogP contribution is 2.47. The number of nitrogens with one attached hydrogen (secondary N) is 2.